The lowest BCUT2D eigenvalue weighted by Gasteiger charge is -2.40. The molecule has 0 amide bonds. The molecule has 0 radical (unpaired) electrons. The van der Waals surface area contributed by atoms with Crippen molar-refractivity contribution in [1.29, 1.82) is 0 Å². The maximum atomic E-state index is 13.1. The number of rotatable bonds is 4. The van der Waals surface area contributed by atoms with E-state index in [9.17, 15) is 13.2 Å². The molecule has 3 heterocycles. The van der Waals surface area contributed by atoms with E-state index < -0.39 is 10.0 Å². The minimum absolute atomic E-state index is 0.173. The SMILES string of the molecule is Cc1ccc(S(=O)(=O)N2CCN(c3nc(-c4ccncn4)cc(=O)n3C)[C@H](C)C2)cc1. The van der Waals surface area contributed by atoms with Crippen LogP contribution in [0.15, 0.2) is 58.6 Å². The van der Waals surface area contributed by atoms with E-state index in [1.807, 2.05) is 18.7 Å². The lowest BCUT2D eigenvalue weighted by molar-refractivity contribution is 0.338. The van der Waals surface area contributed by atoms with E-state index >= 15 is 0 Å². The molecule has 4 rings (SSSR count). The molecule has 1 aliphatic heterocycles. The maximum absolute atomic E-state index is 13.1. The van der Waals surface area contributed by atoms with E-state index in [2.05, 4.69) is 15.0 Å². The lowest BCUT2D eigenvalue weighted by atomic mass is 10.2. The Labute approximate surface area is 181 Å². The van der Waals surface area contributed by atoms with Crippen molar-refractivity contribution in [3.05, 3.63) is 64.8 Å². The van der Waals surface area contributed by atoms with E-state index in [0.29, 0.717) is 37.0 Å². The van der Waals surface area contributed by atoms with Gasteiger partial charge in [-0.15, -0.1) is 0 Å². The van der Waals surface area contributed by atoms with Crippen molar-refractivity contribution in [1.82, 2.24) is 23.8 Å². The smallest absolute Gasteiger partial charge is 0.255 e. The van der Waals surface area contributed by atoms with E-state index in [-0.39, 0.29) is 16.5 Å². The highest BCUT2D eigenvalue weighted by atomic mass is 32.2. The van der Waals surface area contributed by atoms with Crippen LogP contribution in [-0.2, 0) is 17.1 Å². The molecule has 0 bridgehead atoms. The maximum Gasteiger partial charge on any atom is 0.255 e. The third-order valence-corrected chi connectivity index (χ3v) is 7.34. The number of anilines is 1. The summed E-state index contributed by atoms with van der Waals surface area (Å²) in [6.45, 7) is 4.86. The molecule has 162 valence electrons. The number of aromatic nitrogens is 4. The second-order valence-electron chi connectivity index (χ2n) is 7.65. The van der Waals surface area contributed by atoms with Crippen molar-refractivity contribution in [2.45, 2.75) is 24.8 Å². The summed E-state index contributed by atoms with van der Waals surface area (Å²) in [6, 6.07) is 9.83. The van der Waals surface area contributed by atoms with Gasteiger partial charge < -0.3 is 4.90 Å². The van der Waals surface area contributed by atoms with E-state index in [4.69, 9.17) is 0 Å². The van der Waals surface area contributed by atoms with Crippen molar-refractivity contribution in [2.24, 2.45) is 7.05 Å². The molecular formula is C21H24N6O3S. The van der Waals surface area contributed by atoms with Crippen molar-refractivity contribution >= 4 is 16.0 Å². The molecule has 1 aromatic carbocycles. The fourth-order valence-corrected chi connectivity index (χ4v) is 5.17. The highest BCUT2D eigenvalue weighted by Gasteiger charge is 2.33. The Morgan fingerprint density at radius 2 is 1.81 bits per heavy atom. The zero-order valence-electron chi connectivity index (χ0n) is 17.6. The lowest BCUT2D eigenvalue weighted by Crippen LogP contribution is -2.55. The Balaban J connectivity index is 1.62. The largest absolute Gasteiger partial charge is 0.337 e. The average molecular weight is 441 g/mol. The van der Waals surface area contributed by atoms with Crippen LogP contribution in [0.5, 0.6) is 0 Å². The molecule has 10 heteroatoms. The first-order valence-corrected chi connectivity index (χ1v) is 11.4. The topological polar surface area (TPSA) is 101 Å². The molecular weight excluding hydrogens is 416 g/mol. The monoisotopic (exact) mass is 440 g/mol. The first-order valence-electron chi connectivity index (χ1n) is 9.95. The molecule has 31 heavy (non-hydrogen) atoms. The van der Waals surface area contributed by atoms with Gasteiger partial charge in [-0.2, -0.15) is 4.31 Å². The molecule has 2 aromatic heterocycles. The van der Waals surface area contributed by atoms with Crippen molar-refractivity contribution < 1.29 is 8.42 Å². The summed E-state index contributed by atoms with van der Waals surface area (Å²) in [5, 5.41) is 0. The minimum atomic E-state index is -3.59. The molecule has 3 aromatic rings. The van der Waals surface area contributed by atoms with Gasteiger partial charge in [-0.1, -0.05) is 17.7 Å². The molecule has 0 spiro atoms. The van der Waals surface area contributed by atoms with Crippen LogP contribution in [0.4, 0.5) is 5.95 Å². The van der Waals surface area contributed by atoms with Crippen LogP contribution in [0.1, 0.15) is 12.5 Å². The molecule has 0 aliphatic carbocycles. The van der Waals surface area contributed by atoms with Gasteiger partial charge in [0.2, 0.25) is 16.0 Å². The van der Waals surface area contributed by atoms with Gasteiger partial charge in [0.1, 0.15) is 6.33 Å². The Kier molecular flexibility index (Phi) is 5.59. The molecule has 1 atom stereocenters. The fraction of sp³-hybridized carbons (Fsp3) is 0.333. The predicted octanol–water partition coefficient (Wildman–Crippen LogP) is 1.45. The van der Waals surface area contributed by atoms with Gasteiger partial charge in [0.15, 0.2) is 0 Å². The van der Waals surface area contributed by atoms with Crippen molar-refractivity contribution in [3.63, 3.8) is 0 Å². The molecule has 0 N–H and O–H groups in total. The Hall–Kier alpha value is -3.11. The third kappa shape index (κ3) is 4.08. The van der Waals surface area contributed by atoms with Gasteiger partial charge in [0.25, 0.3) is 5.56 Å². The summed E-state index contributed by atoms with van der Waals surface area (Å²) in [6.07, 6.45) is 3.00. The zero-order valence-corrected chi connectivity index (χ0v) is 18.5. The Morgan fingerprint density at radius 3 is 2.45 bits per heavy atom. The van der Waals surface area contributed by atoms with Crippen LogP contribution in [0.3, 0.4) is 0 Å². The van der Waals surface area contributed by atoms with Gasteiger partial charge in [0, 0.05) is 45.0 Å². The molecule has 0 saturated carbocycles. The molecule has 0 unspecified atom stereocenters. The number of nitrogens with zero attached hydrogens (tertiary/aromatic N) is 6. The first-order chi connectivity index (χ1) is 14.8. The van der Waals surface area contributed by atoms with Crippen LogP contribution in [0, 0.1) is 6.92 Å². The second kappa shape index (κ2) is 8.20. The molecule has 1 saturated heterocycles. The van der Waals surface area contributed by atoms with Gasteiger partial charge in [-0.3, -0.25) is 9.36 Å². The normalized spacial score (nSPS) is 17.6. The first kappa shape index (κ1) is 21.1. The zero-order chi connectivity index (χ0) is 22.2. The number of sulfonamides is 1. The van der Waals surface area contributed by atoms with E-state index in [0.717, 1.165) is 5.56 Å². The number of benzene rings is 1. The highest BCUT2D eigenvalue weighted by molar-refractivity contribution is 7.89. The van der Waals surface area contributed by atoms with Gasteiger partial charge in [-0.05, 0) is 32.0 Å². The van der Waals surface area contributed by atoms with Crippen molar-refractivity contribution in [2.75, 3.05) is 24.5 Å². The fourth-order valence-electron chi connectivity index (χ4n) is 3.66. The quantitative estimate of drug-likeness (QED) is 0.605. The molecule has 9 nitrogen and oxygen atoms in total. The molecule has 1 aliphatic rings. The van der Waals surface area contributed by atoms with Gasteiger partial charge in [0.05, 0.1) is 16.3 Å². The summed E-state index contributed by atoms with van der Waals surface area (Å²) < 4.78 is 29.1. The summed E-state index contributed by atoms with van der Waals surface area (Å²) in [7, 11) is -1.92. The minimum Gasteiger partial charge on any atom is -0.337 e. The highest BCUT2D eigenvalue weighted by Crippen LogP contribution is 2.24. The predicted molar refractivity (Wildman–Crippen MR) is 117 cm³/mol. The van der Waals surface area contributed by atoms with Crippen LogP contribution in [0.2, 0.25) is 0 Å². The van der Waals surface area contributed by atoms with E-state index in [1.54, 1.807) is 43.6 Å². The van der Waals surface area contributed by atoms with Crippen LogP contribution in [-0.4, -0.2) is 57.9 Å². The Bertz CT molecular complexity index is 1240. The third-order valence-electron chi connectivity index (χ3n) is 5.46. The van der Waals surface area contributed by atoms with Gasteiger partial charge in [-0.25, -0.2) is 23.4 Å². The van der Waals surface area contributed by atoms with Crippen molar-refractivity contribution in [3.8, 4) is 11.4 Å². The summed E-state index contributed by atoms with van der Waals surface area (Å²) >= 11 is 0. The second-order valence-corrected chi connectivity index (χ2v) is 9.59. The number of aryl methyl sites for hydroxylation is 1. The average Bonchev–Trinajstić information content (AvgIpc) is 2.76. The van der Waals surface area contributed by atoms with Gasteiger partial charge >= 0.3 is 0 Å². The summed E-state index contributed by atoms with van der Waals surface area (Å²) in [4.78, 5) is 27.6. The molecule has 1 fully saturated rings. The summed E-state index contributed by atoms with van der Waals surface area (Å²) in [5.41, 5.74) is 1.82. The van der Waals surface area contributed by atoms with Crippen LogP contribution >= 0.6 is 0 Å². The van der Waals surface area contributed by atoms with E-state index in [1.165, 1.54) is 21.3 Å². The summed E-state index contributed by atoms with van der Waals surface area (Å²) in [5.74, 6) is 0.487. The van der Waals surface area contributed by atoms with Crippen LogP contribution < -0.4 is 10.5 Å². The standard InChI is InChI=1S/C21H24N6O3S/c1-15-4-6-17(7-5-15)31(29,30)26-10-11-27(16(2)13-26)21-24-19(12-20(28)25(21)3)18-8-9-22-14-23-18/h4-9,12,14,16H,10-11,13H2,1-3H3/t16-/m1/s1. The van der Waals surface area contributed by atoms with Crippen LogP contribution in [0.25, 0.3) is 11.4 Å². The number of hydrogen-bond donors (Lipinski definition) is 0. The number of hydrogen-bond acceptors (Lipinski definition) is 7. The number of piperazine rings is 1. The Morgan fingerprint density at radius 1 is 1.06 bits per heavy atom.